The molecule has 4 heterocycles. The van der Waals surface area contributed by atoms with Gasteiger partial charge in [0.2, 0.25) is 17.7 Å². The number of halogens is 3. The summed E-state index contributed by atoms with van der Waals surface area (Å²) >= 11 is 13.9. The first-order chi connectivity index (χ1) is 33.6. The fraction of sp³-hybridized carbons (Fsp3) is 0.417. The van der Waals surface area contributed by atoms with Gasteiger partial charge in [0.25, 0.3) is 17.7 Å². The van der Waals surface area contributed by atoms with Crippen LogP contribution in [0.3, 0.4) is 0 Å². The lowest BCUT2D eigenvalue weighted by molar-refractivity contribution is -0.140. The molecule has 18 nitrogen and oxygen atoms in total. The maximum absolute atomic E-state index is 14.1. The van der Waals surface area contributed by atoms with Gasteiger partial charge >= 0.3 is 0 Å². The Morgan fingerprint density at radius 3 is 2.31 bits per heavy atom. The lowest BCUT2D eigenvalue weighted by Crippen LogP contribution is -2.59. The van der Waals surface area contributed by atoms with Gasteiger partial charge in [-0.2, -0.15) is 0 Å². The summed E-state index contributed by atoms with van der Waals surface area (Å²) in [6.45, 7) is 8.46. The molecule has 0 bridgehead atoms. The second-order valence-electron chi connectivity index (χ2n) is 16.9. The van der Waals surface area contributed by atoms with Crippen LogP contribution in [0, 0.1) is 5.82 Å². The Kier molecular flexibility index (Phi) is 17.7. The van der Waals surface area contributed by atoms with Crippen LogP contribution in [0.15, 0.2) is 65.6 Å². The van der Waals surface area contributed by atoms with Crippen LogP contribution in [0.4, 0.5) is 15.9 Å². The zero-order valence-corrected chi connectivity index (χ0v) is 41.0. The Bertz CT molecular complexity index is 2600. The molecule has 3 aliphatic heterocycles. The highest BCUT2D eigenvalue weighted by atomic mass is 35.5. The van der Waals surface area contributed by atoms with Crippen LogP contribution >= 0.6 is 35.0 Å². The summed E-state index contributed by atoms with van der Waals surface area (Å²) < 4.78 is 37.0. The van der Waals surface area contributed by atoms with Gasteiger partial charge in [-0.1, -0.05) is 29.3 Å². The molecule has 0 radical (unpaired) electrons. The Morgan fingerprint density at radius 1 is 0.929 bits per heavy atom. The maximum Gasteiger partial charge on any atom is 0.276 e. The maximum atomic E-state index is 14.1. The number of ether oxygens (including phenoxy) is 4. The number of carbonyl (C=O) groups excluding carboxylic acids is 6. The normalized spacial score (nSPS) is 18.4. The Hall–Kier alpha value is -5.90. The average molecular weight is 1020 g/mol. The van der Waals surface area contributed by atoms with Gasteiger partial charge in [0, 0.05) is 82.3 Å². The SMILES string of the molecule is C[C@@H]1CN(C(=O)c2ccc(NC(=O)c3cc(O[C@H](C)c4c(Cl)ccc(F)c4Cl)c(N)nn3)cc2)C[C@H](C)N1C(=O)CCOCCOCCOCCSc1cccc2c1CN(C1CCC(=O)NC1=O)C2=O. The topological polar surface area (TPSA) is 225 Å². The number of anilines is 2. The molecule has 0 spiro atoms. The minimum Gasteiger partial charge on any atom is -0.482 e. The molecule has 0 saturated carbocycles. The highest BCUT2D eigenvalue weighted by Gasteiger charge is 2.40. The summed E-state index contributed by atoms with van der Waals surface area (Å²) in [5, 5.41) is 12.7. The molecule has 1 unspecified atom stereocenters. The number of benzene rings is 3. The fourth-order valence-corrected chi connectivity index (χ4v) is 10.2. The molecule has 22 heteroatoms. The number of fused-ring (bicyclic) bond motifs is 1. The molecule has 4 aromatic rings. The van der Waals surface area contributed by atoms with Crippen molar-refractivity contribution in [3.63, 3.8) is 0 Å². The highest BCUT2D eigenvalue weighted by molar-refractivity contribution is 7.99. The molecular weight excluding hydrogens is 971 g/mol. The summed E-state index contributed by atoms with van der Waals surface area (Å²) in [7, 11) is 0. The zero-order chi connectivity index (χ0) is 50.1. The Labute approximate surface area is 418 Å². The summed E-state index contributed by atoms with van der Waals surface area (Å²) in [6, 6.07) is 14.6. The third kappa shape index (κ3) is 12.5. The van der Waals surface area contributed by atoms with E-state index in [2.05, 4.69) is 20.8 Å². The first-order valence-corrected chi connectivity index (χ1v) is 24.4. The number of nitrogen functional groups attached to an aromatic ring is 1. The standard InChI is InChI=1S/C48H53Cl2FN8O10S/c1-27-24-57(47(64)30-7-9-31(10-8-30)53-45(62)36-23-38(44(52)56-55-36)69-29(3)42-34(49)11-12-35(51)43(42)50)25-28(2)59(27)41(61)15-16-66-17-18-67-19-20-68-21-22-70-39-6-4-5-32-33(39)26-58(48(32)65)37-13-14-40(60)54-46(37)63/h4-12,23,27-29,37H,13-22,24-26H2,1-3H3,(H2,52,56)(H,53,62)(H,54,60,63)/t27-,28+,29-,37?/m1/s1. The third-order valence-corrected chi connectivity index (χ3v) is 13.7. The van der Waals surface area contributed by atoms with Gasteiger partial charge in [0.15, 0.2) is 17.3 Å². The van der Waals surface area contributed by atoms with E-state index in [1.807, 2.05) is 26.0 Å². The smallest absolute Gasteiger partial charge is 0.276 e. The number of aromatic nitrogens is 2. The molecule has 7 rings (SSSR count). The Balaban J connectivity index is 0.760. The van der Waals surface area contributed by atoms with E-state index in [1.165, 1.54) is 12.1 Å². The summed E-state index contributed by atoms with van der Waals surface area (Å²) in [5.41, 5.74) is 8.28. The molecular formula is C48H53Cl2FN8O10S. The van der Waals surface area contributed by atoms with Crippen LogP contribution in [0.25, 0.3) is 0 Å². The number of imide groups is 1. The van der Waals surface area contributed by atoms with Gasteiger partial charge in [0.05, 0.1) is 51.1 Å². The van der Waals surface area contributed by atoms with Gasteiger partial charge in [-0.15, -0.1) is 22.0 Å². The third-order valence-electron chi connectivity index (χ3n) is 11.9. The van der Waals surface area contributed by atoms with Crippen molar-refractivity contribution in [1.82, 2.24) is 30.2 Å². The van der Waals surface area contributed by atoms with E-state index >= 15 is 0 Å². The largest absolute Gasteiger partial charge is 0.482 e. The van der Waals surface area contributed by atoms with Crippen LogP contribution in [0.5, 0.6) is 5.75 Å². The van der Waals surface area contributed by atoms with E-state index in [4.69, 9.17) is 47.9 Å². The number of piperidine rings is 1. The number of amides is 6. The molecule has 3 aliphatic rings. The van der Waals surface area contributed by atoms with Gasteiger partial charge in [0.1, 0.15) is 18.0 Å². The number of rotatable bonds is 20. The van der Waals surface area contributed by atoms with Crippen LogP contribution in [0.2, 0.25) is 10.0 Å². The first kappa shape index (κ1) is 51.9. The van der Waals surface area contributed by atoms with Crippen LogP contribution in [-0.2, 0) is 35.1 Å². The molecule has 3 aromatic carbocycles. The van der Waals surface area contributed by atoms with Crippen molar-refractivity contribution in [3.8, 4) is 5.75 Å². The summed E-state index contributed by atoms with van der Waals surface area (Å²) in [6.07, 6.45) is -0.157. The van der Waals surface area contributed by atoms with Crippen molar-refractivity contribution >= 4 is 81.9 Å². The minimum atomic E-state index is -0.857. The van der Waals surface area contributed by atoms with Gasteiger partial charge in [-0.25, -0.2) is 4.39 Å². The number of carbonyl (C=O) groups is 6. The fourth-order valence-electron chi connectivity index (χ4n) is 8.54. The number of nitrogens with one attached hydrogen (secondary N) is 2. The van der Waals surface area contributed by atoms with Gasteiger partial charge in [-0.3, -0.25) is 34.1 Å². The van der Waals surface area contributed by atoms with E-state index in [0.717, 1.165) is 16.5 Å². The number of nitrogens with two attached hydrogens (primary N) is 1. The van der Waals surface area contributed by atoms with E-state index in [-0.39, 0.29) is 88.0 Å². The highest BCUT2D eigenvalue weighted by Crippen LogP contribution is 2.37. The second kappa shape index (κ2) is 23.8. The first-order valence-electron chi connectivity index (χ1n) is 22.7. The van der Waals surface area contributed by atoms with Gasteiger partial charge in [-0.05, 0) is 81.3 Å². The molecule has 372 valence electrons. The molecule has 0 aliphatic carbocycles. The quantitative estimate of drug-likeness (QED) is 0.0403. The molecule has 2 fully saturated rings. The van der Waals surface area contributed by atoms with Crippen molar-refractivity contribution < 1.29 is 52.1 Å². The second-order valence-corrected chi connectivity index (χ2v) is 18.8. The predicted octanol–water partition coefficient (Wildman–Crippen LogP) is 5.95. The Morgan fingerprint density at radius 2 is 1.61 bits per heavy atom. The van der Waals surface area contributed by atoms with E-state index < -0.39 is 29.8 Å². The molecule has 2 saturated heterocycles. The number of nitrogens with zero attached hydrogens (tertiary/aromatic N) is 5. The van der Waals surface area contributed by atoms with Crippen molar-refractivity contribution in [1.29, 1.82) is 0 Å². The molecule has 1 aromatic heterocycles. The zero-order valence-electron chi connectivity index (χ0n) is 38.7. The average Bonchev–Trinajstić information content (AvgIpc) is 3.67. The number of hydrogen-bond acceptors (Lipinski definition) is 14. The van der Waals surface area contributed by atoms with Gasteiger partial charge < -0.3 is 44.7 Å². The molecule has 70 heavy (non-hydrogen) atoms. The van der Waals surface area contributed by atoms with E-state index in [1.54, 1.807) is 63.7 Å². The van der Waals surface area contributed by atoms with E-state index in [9.17, 15) is 33.2 Å². The molecule has 4 N–H and O–H groups in total. The minimum absolute atomic E-state index is 0.00689. The number of hydrogen-bond donors (Lipinski definition) is 3. The lowest BCUT2D eigenvalue weighted by Gasteiger charge is -2.44. The van der Waals surface area contributed by atoms with Crippen molar-refractivity contribution in [2.24, 2.45) is 0 Å². The molecule has 4 atom stereocenters. The van der Waals surface area contributed by atoms with Crippen LogP contribution < -0.4 is 21.1 Å². The number of piperazine rings is 1. The van der Waals surface area contributed by atoms with Crippen molar-refractivity contribution in [3.05, 3.63) is 104 Å². The number of thioether (sulfide) groups is 1. The van der Waals surface area contributed by atoms with Crippen molar-refractivity contribution in [2.75, 3.05) is 69.5 Å². The predicted molar refractivity (Wildman–Crippen MR) is 258 cm³/mol. The lowest BCUT2D eigenvalue weighted by atomic mass is 10.0. The van der Waals surface area contributed by atoms with Crippen LogP contribution in [0.1, 0.15) is 88.5 Å². The van der Waals surface area contributed by atoms with Crippen LogP contribution in [-0.4, -0.2) is 137 Å². The molecule has 6 amide bonds. The van der Waals surface area contributed by atoms with E-state index in [0.29, 0.717) is 81.7 Å². The van der Waals surface area contributed by atoms with Crippen molar-refractivity contribution in [2.45, 2.75) is 75.7 Å². The summed E-state index contributed by atoms with van der Waals surface area (Å²) in [5.74, 6) is -2.00. The summed E-state index contributed by atoms with van der Waals surface area (Å²) in [4.78, 5) is 83.1. The monoisotopic (exact) mass is 1020 g/mol.